The van der Waals surface area contributed by atoms with Crippen molar-refractivity contribution in [2.45, 2.75) is 45.1 Å². The Morgan fingerprint density at radius 2 is 1.50 bits per heavy atom. The van der Waals surface area contributed by atoms with E-state index in [4.69, 9.17) is 20.7 Å². The van der Waals surface area contributed by atoms with Crippen molar-refractivity contribution in [1.82, 2.24) is 0 Å². The van der Waals surface area contributed by atoms with Crippen LogP contribution in [0.4, 0.5) is 5.69 Å². The molecule has 1 aliphatic carbocycles. The maximum atomic E-state index is 11.2. The van der Waals surface area contributed by atoms with Gasteiger partial charge in [0.2, 0.25) is 11.2 Å². The first-order chi connectivity index (χ1) is 22.0. The zero-order valence-corrected chi connectivity index (χ0v) is 27.8. The van der Waals surface area contributed by atoms with Gasteiger partial charge in [-0.05, 0) is 79.2 Å². The zero-order valence-electron chi connectivity index (χ0n) is 25.4. The van der Waals surface area contributed by atoms with Crippen molar-refractivity contribution in [1.29, 1.82) is 0 Å². The molecule has 3 aromatic rings. The zero-order chi connectivity index (χ0) is 32.7. The van der Waals surface area contributed by atoms with E-state index >= 15 is 0 Å². The Kier molecular flexibility index (Phi) is 11.0. The highest BCUT2D eigenvalue weighted by atomic mass is 35.5. The molecule has 2 aromatic carbocycles. The number of nitrogens with zero attached hydrogens (tertiary/aromatic N) is 2. The molecular formula is C35H38ClN2O6S2+. The number of allylic oxidation sites excluding steroid dienone is 7. The van der Waals surface area contributed by atoms with Crippen molar-refractivity contribution in [3.8, 4) is 0 Å². The molecule has 1 aliphatic heterocycles. The largest absolute Gasteiger partial charge is 0.341 e. The van der Waals surface area contributed by atoms with Gasteiger partial charge >= 0.3 is 0 Å². The van der Waals surface area contributed by atoms with E-state index in [9.17, 15) is 16.8 Å². The minimum absolute atomic E-state index is 0.259. The number of benzene rings is 2. The highest BCUT2D eigenvalue weighted by Crippen LogP contribution is 2.36. The summed E-state index contributed by atoms with van der Waals surface area (Å²) >= 11 is 6.90. The molecule has 0 saturated heterocycles. The van der Waals surface area contributed by atoms with Crippen LogP contribution in [-0.4, -0.2) is 44.0 Å². The lowest BCUT2D eigenvalue weighted by molar-refractivity contribution is -0.673. The van der Waals surface area contributed by atoms with Crippen LogP contribution < -0.4 is 9.47 Å². The van der Waals surface area contributed by atoms with Crippen LogP contribution in [0.25, 0.3) is 23.1 Å². The molecule has 0 fully saturated rings. The number of unbranched alkanes of at least 4 members (excludes halogenated alkanes) is 2. The normalized spacial score (nSPS) is 17.2. The number of para-hydroxylation sites is 2. The lowest BCUT2D eigenvalue weighted by atomic mass is 10.0. The fraction of sp³-hybridized carbons (Fsp3) is 0.286. The molecule has 2 aliphatic rings. The number of aromatic nitrogens is 1. The number of aryl methyl sites for hydroxylation is 1. The first-order valence-corrected chi connectivity index (χ1v) is 18.9. The number of hydrogen-bond acceptors (Lipinski definition) is 5. The average molecular weight is 682 g/mol. The van der Waals surface area contributed by atoms with Crippen LogP contribution in [0, 0.1) is 0 Å². The molecule has 2 heterocycles. The monoisotopic (exact) mass is 681 g/mol. The van der Waals surface area contributed by atoms with Gasteiger partial charge in [-0.3, -0.25) is 9.11 Å². The van der Waals surface area contributed by atoms with Crippen molar-refractivity contribution in [3.05, 3.63) is 118 Å². The fourth-order valence-electron chi connectivity index (χ4n) is 5.84. The summed E-state index contributed by atoms with van der Waals surface area (Å²) in [6.45, 7) is 1.20. The molecule has 46 heavy (non-hydrogen) atoms. The predicted octanol–water partition coefficient (Wildman–Crippen LogP) is 7.11. The topological polar surface area (TPSA) is 116 Å². The van der Waals surface area contributed by atoms with Gasteiger partial charge in [-0.2, -0.15) is 21.4 Å². The van der Waals surface area contributed by atoms with E-state index in [2.05, 4.69) is 21.6 Å². The number of hydrogen-bond donors (Lipinski definition) is 2. The molecule has 0 bridgehead atoms. The van der Waals surface area contributed by atoms with E-state index in [1.165, 1.54) is 0 Å². The van der Waals surface area contributed by atoms with Gasteiger partial charge in [0.25, 0.3) is 20.2 Å². The average Bonchev–Trinajstić information content (AvgIpc) is 3.37. The second-order valence-corrected chi connectivity index (χ2v) is 15.0. The first-order valence-electron chi connectivity index (χ1n) is 15.3. The van der Waals surface area contributed by atoms with Crippen LogP contribution in [0.3, 0.4) is 0 Å². The summed E-state index contributed by atoms with van der Waals surface area (Å²) in [5.41, 5.74) is 7.17. The van der Waals surface area contributed by atoms with Crippen molar-refractivity contribution in [3.63, 3.8) is 0 Å². The molecule has 242 valence electrons. The maximum absolute atomic E-state index is 11.2. The summed E-state index contributed by atoms with van der Waals surface area (Å²) in [7, 11) is -7.98. The van der Waals surface area contributed by atoms with Gasteiger partial charge in [-0.25, -0.2) is 0 Å². The molecule has 11 heteroatoms. The van der Waals surface area contributed by atoms with Gasteiger partial charge in [-0.15, -0.1) is 0 Å². The van der Waals surface area contributed by atoms with Gasteiger partial charge in [0.15, 0.2) is 0 Å². The Balaban J connectivity index is 1.35. The predicted molar refractivity (Wildman–Crippen MR) is 186 cm³/mol. The van der Waals surface area contributed by atoms with Crippen LogP contribution in [0.1, 0.15) is 49.8 Å². The van der Waals surface area contributed by atoms with Crippen molar-refractivity contribution < 1.29 is 30.5 Å². The van der Waals surface area contributed by atoms with E-state index in [0.29, 0.717) is 43.8 Å². The minimum Gasteiger partial charge on any atom is -0.341 e. The quantitative estimate of drug-likeness (QED) is 0.112. The highest BCUT2D eigenvalue weighted by Gasteiger charge is 2.20. The number of pyridine rings is 1. The van der Waals surface area contributed by atoms with Gasteiger partial charge < -0.3 is 4.90 Å². The van der Waals surface area contributed by atoms with Crippen molar-refractivity contribution in [2.75, 3.05) is 23.0 Å². The summed E-state index contributed by atoms with van der Waals surface area (Å²) in [5, 5.41) is 1.80. The van der Waals surface area contributed by atoms with Crippen LogP contribution in [-0.2, 0) is 26.8 Å². The van der Waals surface area contributed by atoms with E-state index in [1.807, 2.05) is 85.0 Å². The van der Waals surface area contributed by atoms with Crippen LogP contribution in [0.5, 0.6) is 0 Å². The summed E-state index contributed by atoms with van der Waals surface area (Å²) in [5.74, 6) is -0.517. The van der Waals surface area contributed by atoms with Crippen molar-refractivity contribution >= 4 is 60.6 Å². The minimum atomic E-state index is -3.99. The van der Waals surface area contributed by atoms with Gasteiger partial charge in [0.05, 0.1) is 11.5 Å². The molecule has 0 saturated carbocycles. The SMILES string of the molecule is O=S(=O)(O)CCCCN1/C(=C/C=C2/CCC(/C=C/c3ccc4ccccc4[n+]3CCCCS(=O)(=O)O)=C2Cl)C=Cc2ccccc21. The molecule has 0 spiro atoms. The van der Waals surface area contributed by atoms with E-state index in [0.717, 1.165) is 57.5 Å². The van der Waals surface area contributed by atoms with Crippen LogP contribution in [0.15, 0.2) is 107 Å². The standard InChI is InChI=1S/C35H37ClN2O6S2/c36-35-29(17-21-31-19-15-27-9-1-3-11-33(27)37(31)23-5-7-25-45(39,40)41)13-14-30(35)18-22-32-20-16-28-10-2-4-12-34(28)38(32)24-6-8-26-46(42,43)44/h1-4,9-12,15-22H,5-8,13-14,23-26H2,(H-,39,40,41,42,43,44)/p+1. The molecule has 1 aromatic heterocycles. The number of rotatable bonds is 13. The van der Waals surface area contributed by atoms with Crippen LogP contribution in [0.2, 0.25) is 0 Å². The van der Waals surface area contributed by atoms with E-state index < -0.39 is 20.2 Å². The second-order valence-electron chi connectivity index (χ2n) is 11.5. The summed E-state index contributed by atoms with van der Waals surface area (Å²) in [4.78, 5) is 2.16. The first kappa shape index (κ1) is 33.8. The molecule has 0 atom stereocenters. The van der Waals surface area contributed by atoms with Gasteiger partial charge in [0.1, 0.15) is 6.54 Å². The third kappa shape index (κ3) is 9.04. The Labute approximate surface area is 276 Å². The number of halogens is 1. The van der Waals surface area contributed by atoms with Gasteiger partial charge in [0, 0.05) is 53.0 Å². The van der Waals surface area contributed by atoms with Gasteiger partial charge in [-0.1, -0.05) is 60.2 Å². The number of fused-ring (bicyclic) bond motifs is 2. The Hall–Kier alpha value is -3.54. The summed E-state index contributed by atoms with van der Waals surface area (Å²) in [6, 6.07) is 20.2. The molecule has 0 amide bonds. The fourth-order valence-corrected chi connectivity index (χ4v) is 7.29. The lowest BCUT2D eigenvalue weighted by Gasteiger charge is -2.30. The van der Waals surface area contributed by atoms with E-state index in [1.54, 1.807) is 0 Å². The second kappa shape index (κ2) is 14.9. The molecule has 2 N–H and O–H groups in total. The van der Waals surface area contributed by atoms with Crippen LogP contribution >= 0.6 is 11.6 Å². The maximum Gasteiger partial charge on any atom is 0.264 e. The molecular weight excluding hydrogens is 644 g/mol. The molecule has 0 unspecified atom stereocenters. The number of anilines is 1. The Morgan fingerprint density at radius 1 is 0.783 bits per heavy atom. The third-order valence-electron chi connectivity index (χ3n) is 8.15. The highest BCUT2D eigenvalue weighted by molar-refractivity contribution is 7.86. The summed E-state index contributed by atoms with van der Waals surface area (Å²) < 4.78 is 65.2. The summed E-state index contributed by atoms with van der Waals surface area (Å²) in [6.07, 6.45) is 15.8. The molecule has 8 nitrogen and oxygen atoms in total. The smallest absolute Gasteiger partial charge is 0.264 e. The molecule has 5 rings (SSSR count). The van der Waals surface area contributed by atoms with Crippen molar-refractivity contribution in [2.24, 2.45) is 0 Å². The Morgan fingerprint density at radius 3 is 2.28 bits per heavy atom. The third-order valence-corrected chi connectivity index (χ3v) is 10.2. The molecule has 0 radical (unpaired) electrons. The Bertz CT molecular complexity index is 1980. The lowest BCUT2D eigenvalue weighted by Crippen LogP contribution is -2.38. The van der Waals surface area contributed by atoms with E-state index in [-0.39, 0.29) is 11.5 Å².